The first-order valence-electron chi connectivity index (χ1n) is 10.0. The summed E-state index contributed by atoms with van der Waals surface area (Å²) in [6, 6.07) is 8.93. The molecule has 0 radical (unpaired) electrons. The van der Waals surface area contributed by atoms with Crippen molar-refractivity contribution in [2.75, 3.05) is 19.7 Å². The van der Waals surface area contributed by atoms with Crippen molar-refractivity contribution in [2.24, 2.45) is 5.92 Å². The molecule has 0 amide bonds. The van der Waals surface area contributed by atoms with Crippen LogP contribution < -0.4 is 4.74 Å². The molecule has 4 heteroatoms. The summed E-state index contributed by atoms with van der Waals surface area (Å²) in [7, 11) is 0. The molecule has 0 spiro atoms. The lowest BCUT2D eigenvalue weighted by atomic mass is 9.94. The van der Waals surface area contributed by atoms with Gasteiger partial charge >= 0.3 is 0 Å². The Hall–Kier alpha value is -1.81. The van der Waals surface area contributed by atoms with Crippen LogP contribution in [-0.4, -0.2) is 34.1 Å². The van der Waals surface area contributed by atoms with Gasteiger partial charge in [0.05, 0.1) is 6.61 Å². The van der Waals surface area contributed by atoms with Crippen molar-refractivity contribution >= 4 is 0 Å². The maximum atomic E-state index is 5.81. The average molecular weight is 356 g/mol. The van der Waals surface area contributed by atoms with Gasteiger partial charge in [0.1, 0.15) is 11.6 Å². The highest BCUT2D eigenvalue weighted by molar-refractivity contribution is 5.33. The number of aromatic nitrogens is 2. The van der Waals surface area contributed by atoms with Gasteiger partial charge in [-0.1, -0.05) is 18.2 Å². The van der Waals surface area contributed by atoms with Crippen molar-refractivity contribution in [3.05, 3.63) is 47.5 Å². The Labute approximate surface area is 158 Å². The highest BCUT2D eigenvalue weighted by Gasteiger charge is 2.23. The molecule has 1 atom stereocenters. The zero-order valence-corrected chi connectivity index (χ0v) is 16.7. The van der Waals surface area contributed by atoms with Gasteiger partial charge in [0, 0.05) is 43.0 Å². The second-order valence-electron chi connectivity index (χ2n) is 7.77. The second-order valence-corrected chi connectivity index (χ2v) is 7.77. The number of ether oxygens (including phenoxy) is 1. The Kier molecular flexibility index (Phi) is 6.36. The SMILES string of the molecule is CCOc1ccccc1CN1CCCC(Cc2ncc(C)n2C(C)C)C1. The monoisotopic (exact) mass is 355 g/mol. The molecule has 1 aliphatic rings. The van der Waals surface area contributed by atoms with Crippen LogP contribution in [0.1, 0.15) is 56.7 Å². The van der Waals surface area contributed by atoms with Crippen LogP contribution in [0.2, 0.25) is 0 Å². The highest BCUT2D eigenvalue weighted by atomic mass is 16.5. The fourth-order valence-electron chi connectivity index (χ4n) is 4.24. The smallest absolute Gasteiger partial charge is 0.123 e. The van der Waals surface area contributed by atoms with Crippen LogP contribution in [0.4, 0.5) is 0 Å². The summed E-state index contributed by atoms with van der Waals surface area (Å²) in [5, 5.41) is 0. The number of aryl methyl sites for hydroxylation is 1. The van der Waals surface area contributed by atoms with Gasteiger partial charge in [-0.25, -0.2) is 4.98 Å². The lowest BCUT2D eigenvalue weighted by Crippen LogP contribution is -2.36. The summed E-state index contributed by atoms with van der Waals surface area (Å²) >= 11 is 0. The van der Waals surface area contributed by atoms with E-state index in [1.807, 2.05) is 13.1 Å². The Bertz CT molecular complexity index is 707. The van der Waals surface area contributed by atoms with E-state index >= 15 is 0 Å². The maximum absolute atomic E-state index is 5.81. The standard InChI is InChI=1S/C22H33N3O/c1-5-26-21-11-7-6-10-20(21)16-24-12-8-9-19(15-24)13-22-23-14-18(4)25(22)17(2)3/h6-7,10-11,14,17,19H,5,8-9,12-13,15-16H2,1-4H3. The average Bonchev–Trinajstić information content (AvgIpc) is 2.98. The summed E-state index contributed by atoms with van der Waals surface area (Å²) in [6.45, 7) is 12.7. The Morgan fingerprint density at radius 3 is 2.85 bits per heavy atom. The van der Waals surface area contributed by atoms with Crippen molar-refractivity contribution in [3.63, 3.8) is 0 Å². The number of rotatable bonds is 7. The fourth-order valence-corrected chi connectivity index (χ4v) is 4.24. The van der Waals surface area contributed by atoms with E-state index in [1.165, 1.54) is 36.5 Å². The van der Waals surface area contributed by atoms with Crippen LogP contribution in [0.15, 0.2) is 30.5 Å². The van der Waals surface area contributed by atoms with Gasteiger partial charge in [-0.05, 0) is 59.1 Å². The first kappa shape index (κ1) is 19.0. The van der Waals surface area contributed by atoms with Gasteiger partial charge in [-0.15, -0.1) is 0 Å². The molecule has 0 saturated carbocycles. The minimum Gasteiger partial charge on any atom is -0.494 e. The summed E-state index contributed by atoms with van der Waals surface area (Å²) in [6.07, 6.45) is 5.67. The molecule has 2 heterocycles. The van der Waals surface area contributed by atoms with E-state index in [4.69, 9.17) is 9.72 Å². The molecular weight excluding hydrogens is 322 g/mol. The Morgan fingerprint density at radius 2 is 2.08 bits per heavy atom. The topological polar surface area (TPSA) is 30.3 Å². The minimum atomic E-state index is 0.477. The van der Waals surface area contributed by atoms with E-state index in [1.54, 1.807) is 0 Å². The molecule has 26 heavy (non-hydrogen) atoms. The van der Waals surface area contributed by atoms with Crippen LogP contribution in [-0.2, 0) is 13.0 Å². The number of para-hydroxylation sites is 1. The molecule has 0 bridgehead atoms. The van der Waals surface area contributed by atoms with Gasteiger partial charge in [-0.3, -0.25) is 4.90 Å². The number of benzene rings is 1. The third kappa shape index (κ3) is 4.47. The molecule has 0 aliphatic carbocycles. The number of nitrogens with zero attached hydrogens (tertiary/aromatic N) is 3. The molecular formula is C22H33N3O. The van der Waals surface area contributed by atoms with Crippen LogP contribution in [0.25, 0.3) is 0 Å². The fraction of sp³-hybridized carbons (Fsp3) is 0.591. The number of likely N-dealkylation sites (tertiary alicyclic amines) is 1. The molecule has 1 aromatic heterocycles. The lowest BCUT2D eigenvalue weighted by Gasteiger charge is -2.33. The summed E-state index contributed by atoms with van der Waals surface area (Å²) < 4.78 is 8.20. The minimum absolute atomic E-state index is 0.477. The number of piperidine rings is 1. The Morgan fingerprint density at radius 1 is 1.27 bits per heavy atom. The molecule has 1 fully saturated rings. The number of hydrogen-bond donors (Lipinski definition) is 0. The zero-order valence-electron chi connectivity index (χ0n) is 16.7. The van der Waals surface area contributed by atoms with Crippen molar-refractivity contribution in [1.29, 1.82) is 0 Å². The molecule has 1 aliphatic heterocycles. The molecule has 4 nitrogen and oxygen atoms in total. The van der Waals surface area contributed by atoms with Gasteiger partial charge in [0.25, 0.3) is 0 Å². The van der Waals surface area contributed by atoms with Gasteiger partial charge in [-0.2, -0.15) is 0 Å². The molecule has 3 rings (SSSR count). The van der Waals surface area contributed by atoms with Crippen LogP contribution >= 0.6 is 0 Å². The lowest BCUT2D eigenvalue weighted by molar-refractivity contribution is 0.163. The van der Waals surface area contributed by atoms with Crippen LogP contribution in [0, 0.1) is 12.8 Å². The van der Waals surface area contributed by atoms with Gasteiger partial charge in [0.15, 0.2) is 0 Å². The number of hydrogen-bond acceptors (Lipinski definition) is 3. The first-order valence-corrected chi connectivity index (χ1v) is 10.0. The first-order chi connectivity index (χ1) is 12.6. The van der Waals surface area contributed by atoms with E-state index in [9.17, 15) is 0 Å². The second kappa shape index (κ2) is 8.72. The van der Waals surface area contributed by atoms with Gasteiger partial charge < -0.3 is 9.30 Å². The predicted molar refractivity (Wildman–Crippen MR) is 107 cm³/mol. The molecule has 1 unspecified atom stereocenters. The van der Waals surface area contributed by atoms with Gasteiger partial charge in [0.2, 0.25) is 0 Å². The number of imidazole rings is 1. The zero-order chi connectivity index (χ0) is 18.5. The quantitative estimate of drug-likeness (QED) is 0.726. The summed E-state index contributed by atoms with van der Waals surface area (Å²) in [5.74, 6) is 2.96. The third-order valence-electron chi connectivity index (χ3n) is 5.32. The summed E-state index contributed by atoms with van der Waals surface area (Å²) in [5.41, 5.74) is 2.57. The van der Waals surface area contributed by atoms with E-state index in [2.05, 4.69) is 54.5 Å². The van der Waals surface area contributed by atoms with E-state index in [0.29, 0.717) is 12.0 Å². The summed E-state index contributed by atoms with van der Waals surface area (Å²) in [4.78, 5) is 7.29. The van der Waals surface area contributed by atoms with E-state index in [0.717, 1.165) is 31.9 Å². The largest absolute Gasteiger partial charge is 0.494 e. The molecule has 0 N–H and O–H groups in total. The Balaban J connectivity index is 1.65. The van der Waals surface area contributed by atoms with Crippen LogP contribution in [0.3, 0.4) is 0 Å². The highest BCUT2D eigenvalue weighted by Crippen LogP contribution is 2.26. The van der Waals surface area contributed by atoms with Crippen molar-refractivity contribution in [3.8, 4) is 5.75 Å². The third-order valence-corrected chi connectivity index (χ3v) is 5.32. The maximum Gasteiger partial charge on any atom is 0.123 e. The molecule has 1 saturated heterocycles. The van der Waals surface area contributed by atoms with E-state index < -0.39 is 0 Å². The normalized spacial score (nSPS) is 18.4. The molecule has 2 aromatic rings. The van der Waals surface area contributed by atoms with Crippen molar-refractivity contribution in [1.82, 2.24) is 14.5 Å². The van der Waals surface area contributed by atoms with Crippen molar-refractivity contribution < 1.29 is 4.74 Å². The van der Waals surface area contributed by atoms with Crippen molar-refractivity contribution in [2.45, 2.75) is 59.5 Å². The predicted octanol–water partition coefficient (Wildman–Crippen LogP) is 4.63. The molecule has 1 aromatic carbocycles. The molecule has 142 valence electrons. The van der Waals surface area contributed by atoms with Crippen LogP contribution in [0.5, 0.6) is 5.75 Å². The van der Waals surface area contributed by atoms with E-state index in [-0.39, 0.29) is 0 Å².